The van der Waals surface area contributed by atoms with Gasteiger partial charge in [0.1, 0.15) is 11.8 Å². The van der Waals surface area contributed by atoms with Crippen LogP contribution in [0.2, 0.25) is 5.02 Å². The normalized spacial score (nSPS) is 12.0. The van der Waals surface area contributed by atoms with E-state index in [4.69, 9.17) is 16.3 Å². The van der Waals surface area contributed by atoms with Crippen LogP contribution in [0, 0.1) is 0 Å². The van der Waals surface area contributed by atoms with Gasteiger partial charge in [-0.3, -0.25) is 4.79 Å². The molecule has 0 fully saturated rings. The summed E-state index contributed by atoms with van der Waals surface area (Å²) in [6.45, 7) is 2.17. The Kier molecular flexibility index (Phi) is 8.86. The van der Waals surface area contributed by atoms with Gasteiger partial charge in [0.2, 0.25) is 15.9 Å². The average molecular weight is 517 g/mol. The maximum Gasteiger partial charge on any atom is 0.337 e. The third-order valence-electron chi connectivity index (χ3n) is 4.98. The van der Waals surface area contributed by atoms with Crippen LogP contribution in [0.25, 0.3) is 0 Å². The molecule has 1 amide bonds. The molecule has 3 aromatic rings. The second kappa shape index (κ2) is 11.8. The minimum atomic E-state index is -4.10. The van der Waals surface area contributed by atoms with Gasteiger partial charge in [0, 0.05) is 5.69 Å². The maximum absolute atomic E-state index is 13.1. The minimum Gasteiger partial charge on any atom is -0.492 e. The number of hydrogen-bond donors (Lipinski definition) is 2. The van der Waals surface area contributed by atoms with Crippen LogP contribution in [0.1, 0.15) is 22.8 Å². The van der Waals surface area contributed by atoms with E-state index in [0.29, 0.717) is 23.6 Å². The lowest BCUT2D eigenvalue weighted by Crippen LogP contribution is -2.45. The molecular weight excluding hydrogens is 492 g/mol. The Morgan fingerprint density at radius 3 is 2.29 bits per heavy atom. The molecular formula is C25H25ClN2O6S. The smallest absolute Gasteiger partial charge is 0.337 e. The van der Waals surface area contributed by atoms with E-state index in [1.54, 1.807) is 31.2 Å². The Morgan fingerprint density at radius 1 is 1.00 bits per heavy atom. The van der Waals surface area contributed by atoms with Crippen LogP contribution < -0.4 is 14.8 Å². The van der Waals surface area contributed by atoms with Crippen LogP contribution in [-0.4, -0.2) is 40.1 Å². The molecule has 3 rings (SSSR count). The first-order valence-electron chi connectivity index (χ1n) is 10.7. The van der Waals surface area contributed by atoms with Gasteiger partial charge in [-0.15, -0.1) is 0 Å². The Hall–Kier alpha value is -3.40. The average Bonchev–Trinajstić information content (AvgIpc) is 2.85. The number of sulfonamides is 1. The monoisotopic (exact) mass is 516 g/mol. The van der Waals surface area contributed by atoms with Crippen molar-refractivity contribution in [3.05, 3.63) is 88.9 Å². The summed E-state index contributed by atoms with van der Waals surface area (Å²) in [5.74, 6) is -0.714. The zero-order valence-corrected chi connectivity index (χ0v) is 20.7. The van der Waals surface area contributed by atoms with Gasteiger partial charge >= 0.3 is 5.97 Å². The fourth-order valence-electron chi connectivity index (χ4n) is 3.25. The van der Waals surface area contributed by atoms with Crippen molar-refractivity contribution in [3.63, 3.8) is 0 Å². The highest BCUT2D eigenvalue weighted by Crippen LogP contribution is 2.27. The summed E-state index contributed by atoms with van der Waals surface area (Å²) in [7, 11) is -2.83. The van der Waals surface area contributed by atoms with Gasteiger partial charge in [-0.05, 0) is 61.4 Å². The molecule has 0 unspecified atom stereocenters. The number of methoxy groups -OCH3 is 1. The first-order valence-corrected chi connectivity index (χ1v) is 12.6. The zero-order chi connectivity index (χ0) is 25.4. The Labute approximate surface area is 209 Å². The lowest BCUT2D eigenvalue weighted by molar-refractivity contribution is -0.117. The molecule has 184 valence electrons. The van der Waals surface area contributed by atoms with Gasteiger partial charge in [-0.2, -0.15) is 4.72 Å². The first kappa shape index (κ1) is 26.2. The molecule has 0 bridgehead atoms. The number of nitrogens with one attached hydrogen (secondary N) is 2. The molecule has 2 N–H and O–H groups in total. The number of halogens is 1. The summed E-state index contributed by atoms with van der Waals surface area (Å²) < 4.78 is 38.8. The van der Waals surface area contributed by atoms with Crippen molar-refractivity contribution in [1.82, 2.24) is 4.72 Å². The Balaban J connectivity index is 1.84. The fraction of sp³-hybridized carbons (Fsp3) is 0.200. The summed E-state index contributed by atoms with van der Waals surface area (Å²) in [4.78, 5) is 24.7. The number of ether oxygens (including phenoxy) is 2. The molecule has 0 aliphatic carbocycles. The second-order valence-electron chi connectivity index (χ2n) is 7.45. The number of benzene rings is 3. The highest BCUT2D eigenvalue weighted by atomic mass is 35.5. The predicted molar refractivity (Wildman–Crippen MR) is 133 cm³/mol. The fourth-order valence-corrected chi connectivity index (χ4v) is 4.77. The van der Waals surface area contributed by atoms with Crippen molar-refractivity contribution in [2.75, 3.05) is 19.0 Å². The molecule has 0 heterocycles. The quantitative estimate of drug-likeness (QED) is 0.393. The lowest BCUT2D eigenvalue weighted by atomic mass is 10.1. The second-order valence-corrected chi connectivity index (χ2v) is 9.57. The van der Waals surface area contributed by atoms with Crippen molar-refractivity contribution in [1.29, 1.82) is 0 Å². The molecule has 0 aliphatic heterocycles. The maximum atomic E-state index is 13.1. The van der Waals surface area contributed by atoms with E-state index in [1.807, 2.05) is 6.07 Å². The van der Waals surface area contributed by atoms with Crippen LogP contribution in [0.15, 0.2) is 77.7 Å². The van der Waals surface area contributed by atoms with E-state index in [2.05, 4.69) is 14.8 Å². The van der Waals surface area contributed by atoms with Crippen LogP contribution in [-0.2, 0) is 26.0 Å². The van der Waals surface area contributed by atoms with Gasteiger partial charge in [-0.1, -0.05) is 41.9 Å². The molecule has 0 radical (unpaired) electrons. The minimum absolute atomic E-state index is 0.0979. The van der Waals surface area contributed by atoms with Crippen LogP contribution in [0.4, 0.5) is 5.69 Å². The summed E-state index contributed by atoms with van der Waals surface area (Å²) in [6, 6.07) is 18.1. The molecule has 35 heavy (non-hydrogen) atoms. The number of amides is 1. The number of anilines is 1. The zero-order valence-electron chi connectivity index (χ0n) is 19.2. The van der Waals surface area contributed by atoms with Gasteiger partial charge in [-0.25, -0.2) is 13.2 Å². The molecule has 0 saturated carbocycles. The third kappa shape index (κ3) is 7.05. The summed E-state index contributed by atoms with van der Waals surface area (Å²) in [5.41, 5.74) is 1.48. The summed E-state index contributed by atoms with van der Waals surface area (Å²) >= 11 is 6.17. The molecule has 0 spiro atoms. The van der Waals surface area contributed by atoms with Gasteiger partial charge in [0.05, 0.1) is 29.2 Å². The SMILES string of the molecule is CCOc1ccc(S(=O)(=O)N[C@H](Cc2ccccc2)C(=O)Nc2ccc(C(=O)OC)cc2)cc1Cl. The van der Waals surface area contributed by atoms with E-state index in [0.717, 1.165) is 5.56 Å². The topological polar surface area (TPSA) is 111 Å². The number of carbonyl (C=O) groups is 2. The Morgan fingerprint density at radius 2 is 1.69 bits per heavy atom. The van der Waals surface area contributed by atoms with Crippen molar-refractivity contribution in [2.45, 2.75) is 24.3 Å². The van der Waals surface area contributed by atoms with E-state index >= 15 is 0 Å². The number of rotatable bonds is 10. The van der Waals surface area contributed by atoms with E-state index in [-0.39, 0.29) is 16.3 Å². The number of carbonyl (C=O) groups excluding carboxylic acids is 2. The third-order valence-corrected chi connectivity index (χ3v) is 6.75. The largest absolute Gasteiger partial charge is 0.492 e. The van der Waals surface area contributed by atoms with Crippen LogP contribution >= 0.6 is 11.6 Å². The van der Waals surface area contributed by atoms with Crippen LogP contribution in [0.3, 0.4) is 0 Å². The van der Waals surface area contributed by atoms with Gasteiger partial charge < -0.3 is 14.8 Å². The number of hydrogen-bond acceptors (Lipinski definition) is 6. The van der Waals surface area contributed by atoms with E-state index < -0.39 is 27.9 Å². The van der Waals surface area contributed by atoms with Gasteiger partial charge in [0.25, 0.3) is 0 Å². The molecule has 8 nitrogen and oxygen atoms in total. The molecule has 0 aliphatic rings. The number of esters is 1. The Bertz CT molecular complexity index is 1280. The molecule has 10 heteroatoms. The molecule has 3 aromatic carbocycles. The summed E-state index contributed by atoms with van der Waals surface area (Å²) in [5, 5.41) is 2.84. The van der Waals surface area contributed by atoms with Crippen molar-refractivity contribution in [2.24, 2.45) is 0 Å². The highest BCUT2D eigenvalue weighted by molar-refractivity contribution is 7.89. The van der Waals surface area contributed by atoms with E-state index in [1.165, 1.54) is 49.6 Å². The predicted octanol–water partition coefficient (Wildman–Crippen LogP) is 4.05. The lowest BCUT2D eigenvalue weighted by Gasteiger charge is -2.19. The molecule has 1 atom stereocenters. The molecule has 0 saturated heterocycles. The van der Waals surface area contributed by atoms with Crippen molar-refractivity contribution < 1.29 is 27.5 Å². The highest BCUT2D eigenvalue weighted by Gasteiger charge is 2.27. The summed E-state index contributed by atoms with van der Waals surface area (Å²) in [6.07, 6.45) is 0.108. The van der Waals surface area contributed by atoms with E-state index in [9.17, 15) is 18.0 Å². The van der Waals surface area contributed by atoms with Crippen LogP contribution in [0.5, 0.6) is 5.75 Å². The van der Waals surface area contributed by atoms with Crippen molar-refractivity contribution in [3.8, 4) is 5.75 Å². The molecule has 0 aromatic heterocycles. The standard InChI is InChI=1S/C25H25ClN2O6S/c1-3-34-23-14-13-20(16-21(23)26)35(31,32)28-22(15-17-7-5-4-6-8-17)24(29)27-19-11-9-18(10-12-19)25(30)33-2/h4-14,16,22,28H,3,15H2,1-2H3,(H,27,29)/t22-/m1/s1. The van der Waals surface area contributed by atoms with Gasteiger partial charge in [0.15, 0.2) is 0 Å². The first-order chi connectivity index (χ1) is 16.7. The van der Waals surface area contributed by atoms with Crippen molar-refractivity contribution >= 4 is 39.2 Å².